The van der Waals surface area contributed by atoms with Gasteiger partial charge in [0.15, 0.2) is 11.5 Å². The SMILES string of the molecule is CC(C)C(N)CCN(C)C(=O)c1cccc2c1OCCO2. The molecule has 0 aromatic heterocycles. The van der Waals surface area contributed by atoms with Gasteiger partial charge < -0.3 is 20.1 Å². The maximum absolute atomic E-state index is 12.5. The molecule has 1 aliphatic heterocycles. The van der Waals surface area contributed by atoms with E-state index < -0.39 is 0 Å². The van der Waals surface area contributed by atoms with E-state index >= 15 is 0 Å². The Morgan fingerprint density at radius 1 is 1.33 bits per heavy atom. The fourth-order valence-electron chi connectivity index (χ4n) is 2.23. The minimum Gasteiger partial charge on any atom is -0.486 e. The summed E-state index contributed by atoms with van der Waals surface area (Å²) in [4.78, 5) is 14.2. The van der Waals surface area contributed by atoms with Crippen LogP contribution in [0.25, 0.3) is 0 Å². The third-order valence-electron chi connectivity index (χ3n) is 3.80. The number of nitrogens with zero attached hydrogens (tertiary/aromatic N) is 1. The summed E-state index contributed by atoms with van der Waals surface area (Å²) in [6, 6.07) is 5.51. The summed E-state index contributed by atoms with van der Waals surface area (Å²) < 4.78 is 11.1. The molecular weight excluding hydrogens is 268 g/mol. The van der Waals surface area contributed by atoms with Gasteiger partial charge in [0.25, 0.3) is 5.91 Å². The quantitative estimate of drug-likeness (QED) is 0.900. The van der Waals surface area contributed by atoms with Crippen LogP contribution in [-0.4, -0.2) is 43.7 Å². The molecule has 1 aromatic rings. The van der Waals surface area contributed by atoms with Gasteiger partial charge in [-0.3, -0.25) is 4.79 Å². The molecule has 0 saturated carbocycles. The lowest BCUT2D eigenvalue weighted by atomic mass is 10.0. The summed E-state index contributed by atoms with van der Waals surface area (Å²) in [5.74, 6) is 1.54. The molecule has 0 bridgehead atoms. The van der Waals surface area contributed by atoms with Crippen LogP contribution in [0.2, 0.25) is 0 Å². The summed E-state index contributed by atoms with van der Waals surface area (Å²) in [7, 11) is 1.79. The average Bonchev–Trinajstić information content (AvgIpc) is 2.50. The average molecular weight is 292 g/mol. The van der Waals surface area contributed by atoms with Crippen LogP contribution in [0.1, 0.15) is 30.6 Å². The van der Waals surface area contributed by atoms with Crippen LogP contribution in [0, 0.1) is 5.92 Å². The van der Waals surface area contributed by atoms with Crippen molar-refractivity contribution < 1.29 is 14.3 Å². The van der Waals surface area contributed by atoms with E-state index in [0.717, 1.165) is 6.42 Å². The first-order chi connectivity index (χ1) is 10.0. The Kier molecular flexibility index (Phi) is 5.07. The molecule has 21 heavy (non-hydrogen) atoms. The van der Waals surface area contributed by atoms with Gasteiger partial charge in [-0.1, -0.05) is 19.9 Å². The van der Waals surface area contributed by atoms with E-state index in [4.69, 9.17) is 15.2 Å². The smallest absolute Gasteiger partial charge is 0.257 e. The highest BCUT2D eigenvalue weighted by atomic mass is 16.6. The van der Waals surface area contributed by atoms with Gasteiger partial charge in [0, 0.05) is 19.6 Å². The van der Waals surface area contributed by atoms with Crippen molar-refractivity contribution in [2.45, 2.75) is 26.3 Å². The Labute approximate surface area is 126 Å². The summed E-state index contributed by atoms with van der Waals surface area (Å²) in [6.07, 6.45) is 0.784. The topological polar surface area (TPSA) is 64.8 Å². The van der Waals surface area contributed by atoms with Gasteiger partial charge in [-0.15, -0.1) is 0 Å². The zero-order valence-corrected chi connectivity index (χ0v) is 13.0. The molecule has 1 amide bonds. The molecule has 2 N–H and O–H groups in total. The number of para-hydroxylation sites is 1. The highest BCUT2D eigenvalue weighted by molar-refractivity contribution is 5.97. The number of benzene rings is 1. The van der Waals surface area contributed by atoms with Crippen molar-refractivity contribution in [1.29, 1.82) is 0 Å². The predicted octanol–water partition coefficient (Wildman–Crippen LogP) is 1.90. The Bertz CT molecular complexity index is 502. The summed E-state index contributed by atoms with van der Waals surface area (Å²) in [6.45, 7) is 5.79. The number of amides is 1. The van der Waals surface area contributed by atoms with E-state index in [1.165, 1.54) is 0 Å². The molecule has 0 radical (unpaired) electrons. The van der Waals surface area contributed by atoms with Gasteiger partial charge in [-0.2, -0.15) is 0 Å². The third-order valence-corrected chi connectivity index (χ3v) is 3.80. The predicted molar refractivity (Wildman–Crippen MR) is 81.8 cm³/mol. The minimum absolute atomic E-state index is 0.0618. The van der Waals surface area contributed by atoms with E-state index in [0.29, 0.717) is 42.7 Å². The van der Waals surface area contributed by atoms with Crippen molar-refractivity contribution in [3.8, 4) is 11.5 Å². The Morgan fingerprint density at radius 2 is 2.05 bits per heavy atom. The maximum Gasteiger partial charge on any atom is 0.257 e. The number of hydrogen-bond acceptors (Lipinski definition) is 4. The van der Waals surface area contributed by atoms with E-state index in [-0.39, 0.29) is 11.9 Å². The fourth-order valence-corrected chi connectivity index (χ4v) is 2.23. The van der Waals surface area contributed by atoms with Crippen molar-refractivity contribution in [3.05, 3.63) is 23.8 Å². The van der Waals surface area contributed by atoms with Gasteiger partial charge in [-0.05, 0) is 24.5 Å². The number of ether oxygens (including phenoxy) is 2. The van der Waals surface area contributed by atoms with E-state index in [1.54, 1.807) is 18.0 Å². The number of nitrogens with two attached hydrogens (primary N) is 1. The highest BCUT2D eigenvalue weighted by Crippen LogP contribution is 2.34. The first-order valence-electron chi connectivity index (χ1n) is 7.40. The Morgan fingerprint density at radius 3 is 2.76 bits per heavy atom. The number of rotatable bonds is 5. The molecule has 5 heteroatoms. The number of hydrogen-bond donors (Lipinski definition) is 1. The van der Waals surface area contributed by atoms with Crippen molar-refractivity contribution in [2.24, 2.45) is 11.7 Å². The molecule has 1 heterocycles. The Balaban J connectivity index is 2.06. The molecule has 116 valence electrons. The van der Waals surface area contributed by atoms with Crippen LogP contribution in [0.3, 0.4) is 0 Å². The molecule has 0 spiro atoms. The van der Waals surface area contributed by atoms with Gasteiger partial charge in [0.05, 0.1) is 5.56 Å². The van der Waals surface area contributed by atoms with Crippen LogP contribution in [0.4, 0.5) is 0 Å². The first-order valence-corrected chi connectivity index (χ1v) is 7.40. The van der Waals surface area contributed by atoms with Crippen molar-refractivity contribution in [1.82, 2.24) is 4.90 Å². The van der Waals surface area contributed by atoms with Crippen LogP contribution in [0.15, 0.2) is 18.2 Å². The second kappa shape index (κ2) is 6.80. The zero-order chi connectivity index (χ0) is 15.4. The molecule has 1 aliphatic rings. The standard InChI is InChI=1S/C16H24N2O3/c1-11(2)13(17)7-8-18(3)16(19)12-5-4-6-14-15(12)21-10-9-20-14/h4-6,11,13H,7-10,17H2,1-3H3. The molecule has 0 saturated heterocycles. The van der Waals surface area contributed by atoms with Crippen LogP contribution in [-0.2, 0) is 0 Å². The van der Waals surface area contributed by atoms with E-state index in [1.807, 2.05) is 12.1 Å². The largest absolute Gasteiger partial charge is 0.486 e. The van der Waals surface area contributed by atoms with Gasteiger partial charge >= 0.3 is 0 Å². The van der Waals surface area contributed by atoms with Crippen LogP contribution < -0.4 is 15.2 Å². The third kappa shape index (κ3) is 3.67. The second-order valence-electron chi connectivity index (χ2n) is 5.75. The highest BCUT2D eigenvalue weighted by Gasteiger charge is 2.23. The van der Waals surface area contributed by atoms with Gasteiger partial charge in [-0.25, -0.2) is 0 Å². The molecule has 5 nitrogen and oxygen atoms in total. The molecular formula is C16H24N2O3. The lowest BCUT2D eigenvalue weighted by Gasteiger charge is -2.24. The monoisotopic (exact) mass is 292 g/mol. The van der Waals surface area contributed by atoms with Crippen molar-refractivity contribution >= 4 is 5.91 Å². The summed E-state index contributed by atoms with van der Waals surface area (Å²) in [5.41, 5.74) is 6.58. The summed E-state index contributed by atoms with van der Waals surface area (Å²) >= 11 is 0. The normalized spacial score (nSPS) is 14.9. The van der Waals surface area contributed by atoms with E-state index in [2.05, 4.69) is 13.8 Å². The van der Waals surface area contributed by atoms with Gasteiger partial charge in [0.1, 0.15) is 13.2 Å². The first kappa shape index (κ1) is 15.6. The molecule has 1 atom stereocenters. The molecule has 2 rings (SSSR count). The number of carbonyl (C=O) groups is 1. The molecule has 0 fully saturated rings. The van der Waals surface area contributed by atoms with E-state index in [9.17, 15) is 4.79 Å². The number of fused-ring (bicyclic) bond motifs is 1. The van der Waals surface area contributed by atoms with Gasteiger partial charge in [0.2, 0.25) is 0 Å². The maximum atomic E-state index is 12.5. The summed E-state index contributed by atoms with van der Waals surface area (Å²) in [5, 5.41) is 0. The van der Waals surface area contributed by atoms with Crippen molar-refractivity contribution in [2.75, 3.05) is 26.8 Å². The molecule has 1 unspecified atom stereocenters. The van der Waals surface area contributed by atoms with Crippen molar-refractivity contribution in [3.63, 3.8) is 0 Å². The zero-order valence-electron chi connectivity index (χ0n) is 13.0. The lowest BCUT2D eigenvalue weighted by Crippen LogP contribution is -2.35. The minimum atomic E-state index is -0.0618. The number of carbonyl (C=O) groups excluding carboxylic acids is 1. The lowest BCUT2D eigenvalue weighted by molar-refractivity contribution is 0.0778. The van der Waals surface area contributed by atoms with Crippen LogP contribution >= 0.6 is 0 Å². The van der Waals surface area contributed by atoms with Crippen LogP contribution in [0.5, 0.6) is 11.5 Å². The Hall–Kier alpha value is -1.75. The molecule has 1 aromatic carbocycles. The molecule has 0 aliphatic carbocycles. The second-order valence-corrected chi connectivity index (χ2v) is 5.75. The fraction of sp³-hybridized carbons (Fsp3) is 0.562.